The molecular formula is C27H37N3O3S2. The first kappa shape index (κ1) is 27.3. The first-order valence-corrected chi connectivity index (χ1v) is 14.5. The summed E-state index contributed by atoms with van der Waals surface area (Å²) in [7, 11) is -3.64. The Hall–Kier alpha value is -2.29. The molecule has 2 aromatic carbocycles. The lowest BCUT2D eigenvalue weighted by atomic mass is 10.1. The van der Waals surface area contributed by atoms with Gasteiger partial charge in [0.05, 0.1) is 15.1 Å². The SMILES string of the molecule is CCCn1c(=NC(=O)c2ccc(S(=O)(=O)N(CC(C)C)CC(C)C)cc2)sc2cc(C)c(C)cc21. The highest BCUT2D eigenvalue weighted by atomic mass is 32.2. The number of nitrogens with zero attached hydrogens (tertiary/aromatic N) is 3. The van der Waals surface area contributed by atoms with Gasteiger partial charge in [-0.15, -0.1) is 0 Å². The van der Waals surface area contributed by atoms with Crippen LogP contribution in [0.2, 0.25) is 0 Å². The number of amides is 1. The summed E-state index contributed by atoms with van der Waals surface area (Å²) in [5.74, 6) is 0.0544. The standard InChI is InChI=1S/C27H37N3O3S2/c1-8-13-30-24-14-20(6)21(7)15-25(24)34-27(30)28-26(31)22-9-11-23(12-10-22)35(32,33)29(16-18(2)3)17-19(4)5/h9-12,14-15,18-19H,8,13,16-17H2,1-7H3. The molecule has 0 fully saturated rings. The minimum Gasteiger partial charge on any atom is -0.316 e. The number of carbonyl (C=O) groups is 1. The summed E-state index contributed by atoms with van der Waals surface area (Å²) in [6, 6.07) is 10.5. The molecule has 1 amide bonds. The Balaban J connectivity index is 1.96. The van der Waals surface area contributed by atoms with E-state index in [4.69, 9.17) is 0 Å². The van der Waals surface area contributed by atoms with Crippen LogP contribution in [0.5, 0.6) is 0 Å². The Morgan fingerprint density at radius 1 is 1.00 bits per heavy atom. The second kappa shape index (κ2) is 11.2. The molecule has 8 heteroatoms. The monoisotopic (exact) mass is 515 g/mol. The van der Waals surface area contributed by atoms with Crippen LogP contribution in [0.4, 0.5) is 0 Å². The zero-order valence-electron chi connectivity index (χ0n) is 21.8. The van der Waals surface area contributed by atoms with E-state index in [0.717, 1.165) is 23.2 Å². The van der Waals surface area contributed by atoms with Crippen LogP contribution in [0, 0.1) is 25.7 Å². The van der Waals surface area contributed by atoms with E-state index in [1.54, 1.807) is 16.4 Å². The third-order valence-electron chi connectivity index (χ3n) is 5.82. The Morgan fingerprint density at radius 3 is 2.11 bits per heavy atom. The van der Waals surface area contributed by atoms with Gasteiger partial charge in [-0.05, 0) is 79.6 Å². The molecule has 0 atom stereocenters. The highest BCUT2D eigenvalue weighted by molar-refractivity contribution is 7.89. The molecule has 0 N–H and O–H groups in total. The molecule has 0 saturated carbocycles. The quantitative estimate of drug-likeness (QED) is 0.363. The maximum absolute atomic E-state index is 13.3. The highest BCUT2D eigenvalue weighted by Crippen LogP contribution is 2.23. The predicted molar refractivity (Wildman–Crippen MR) is 144 cm³/mol. The van der Waals surface area contributed by atoms with Gasteiger partial charge >= 0.3 is 0 Å². The molecular weight excluding hydrogens is 478 g/mol. The number of aryl methyl sites for hydroxylation is 3. The highest BCUT2D eigenvalue weighted by Gasteiger charge is 2.26. The summed E-state index contributed by atoms with van der Waals surface area (Å²) in [5.41, 5.74) is 3.87. The van der Waals surface area contributed by atoms with Gasteiger partial charge in [0.25, 0.3) is 5.91 Å². The van der Waals surface area contributed by atoms with Crippen molar-refractivity contribution >= 4 is 37.5 Å². The van der Waals surface area contributed by atoms with Gasteiger partial charge in [-0.25, -0.2) is 8.42 Å². The average molecular weight is 516 g/mol. The van der Waals surface area contributed by atoms with Crippen molar-refractivity contribution in [3.05, 3.63) is 57.9 Å². The molecule has 0 aliphatic carbocycles. The zero-order chi connectivity index (χ0) is 25.9. The van der Waals surface area contributed by atoms with Crippen LogP contribution in [0.3, 0.4) is 0 Å². The van der Waals surface area contributed by atoms with Gasteiger partial charge in [-0.3, -0.25) is 4.79 Å². The number of aromatic nitrogens is 1. The molecule has 1 aromatic heterocycles. The van der Waals surface area contributed by atoms with Crippen LogP contribution in [-0.4, -0.2) is 36.3 Å². The third-order valence-corrected chi connectivity index (χ3v) is 8.71. The minimum absolute atomic E-state index is 0.198. The van der Waals surface area contributed by atoms with E-state index in [9.17, 15) is 13.2 Å². The fourth-order valence-corrected chi connectivity index (χ4v) is 6.90. The molecule has 6 nitrogen and oxygen atoms in total. The van der Waals surface area contributed by atoms with Crippen LogP contribution in [0.25, 0.3) is 10.2 Å². The van der Waals surface area contributed by atoms with Crippen molar-refractivity contribution in [3.63, 3.8) is 0 Å². The number of carbonyl (C=O) groups excluding carboxylic acids is 1. The molecule has 0 aliphatic rings. The van der Waals surface area contributed by atoms with Gasteiger partial charge in [0.15, 0.2) is 4.80 Å². The van der Waals surface area contributed by atoms with E-state index in [2.05, 4.69) is 42.5 Å². The molecule has 0 aliphatic heterocycles. The smallest absolute Gasteiger partial charge is 0.279 e. The molecule has 3 aromatic rings. The van der Waals surface area contributed by atoms with Crippen LogP contribution < -0.4 is 4.80 Å². The van der Waals surface area contributed by atoms with E-state index in [0.29, 0.717) is 23.5 Å². The number of hydrogen-bond donors (Lipinski definition) is 0. The first-order valence-electron chi connectivity index (χ1n) is 12.2. The molecule has 0 saturated heterocycles. The van der Waals surface area contributed by atoms with Crippen LogP contribution in [0.15, 0.2) is 46.3 Å². The van der Waals surface area contributed by atoms with Crippen LogP contribution in [0.1, 0.15) is 62.5 Å². The van der Waals surface area contributed by atoms with E-state index in [1.807, 2.05) is 27.7 Å². The normalized spacial score (nSPS) is 13.0. The van der Waals surface area contributed by atoms with Gasteiger partial charge in [0.1, 0.15) is 0 Å². The van der Waals surface area contributed by atoms with Crippen molar-refractivity contribution in [2.45, 2.75) is 66.3 Å². The maximum Gasteiger partial charge on any atom is 0.279 e. The number of fused-ring (bicyclic) bond motifs is 1. The summed E-state index contributed by atoms with van der Waals surface area (Å²) >= 11 is 1.51. The number of thiazole rings is 1. The van der Waals surface area contributed by atoms with Gasteiger partial charge in [0, 0.05) is 25.2 Å². The van der Waals surface area contributed by atoms with E-state index >= 15 is 0 Å². The molecule has 0 radical (unpaired) electrons. The van der Waals surface area contributed by atoms with E-state index < -0.39 is 10.0 Å². The first-order chi connectivity index (χ1) is 16.4. The van der Waals surface area contributed by atoms with Gasteiger partial charge < -0.3 is 4.57 Å². The van der Waals surface area contributed by atoms with Crippen molar-refractivity contribution in [3.8, 4) is 0 Å². The molecule has 0 bridgehead atoms. The van der Waals surface area contributed by atoms with Crippen molar-refractivity contribution in [2.75, 3.05) is 13.1 Å². The van der Waals surface area contributed by atoms with Crippen molar-refractivity contribution in [1.82, 2.24) is 8.87 Å². The largest absolute Gasteiger partial charge is 0.316 e. The topological polar surface area (TPSA) is 71.7 Å². The molecule has 1 heterocycles. The molecule has 3 rings (SSSR count). The maximum atomic E-state index is 13.3. The number of rotatable bonds is 9. The van der Waals surface area contributed by atoms with Gasteiger partial charge in [-0.1, -0.05) is 46.0 Å². The minimum atomic E-state index is -3.64. The Kier molecular flexibility index (Phi) is 8.72. The predicted octanol–water partition coefficient (Wildman–Crippen LogP) is 5.77. The van der Waals surface area contributed by atoms with Crippen LogP contribution in [-0.2, 0) is 16.6 Å². The van der Waals surface area contributed by atoms with Gasteiger partial charge in [-0.2, -0.15) is 9.30 Å². The Morgan fingerprint density at radius 2 is 1.57 bits per heavy atom. The molecule has 190 valence electrons. The Bertz CT molecular complexity index is 1360. The number of sulfonamides is 1. The summed E-state index contributed by atoms with van der Waals surface area (Å²) in [4.78, 5) is 18.3. The summed E-state index contributed by atoms with van der Waals surface area (Å²) in [6.45, 7) is 16.0. The zero-order valence-corrected chi connectivity index (χ0v) is 23.5. The molecule has 0 unspecified atom stereocenters. The van der Waals surface area contributed by atoms with Crippen molar-refractivity contribution < 1.29 is 13.2 Å². The lowest BCUT2D eigenvalue weighted by Crippen LogP contribution is -2.37. The Labute approximate surface area is 213 Å². The van der Waals surface area contributed by atoms with E-state index in [-0.39, 0.29) is 22.6 Å². The summed E-state index contributed by atoms with van der Waals surface area (Å²) < 4.78 is 31.3. The lowest BCUT2D eigenvalue weighted by molar-refractivity contribution is 0.0997. The van der Waals surface area contributed by atoms with Gasteiger partial charge in [0.2, 0.25) is 10.0 Å². The average Bonchev–Trinajstić information content (AvgIpc) is 3.09. The molecule has 35 heavy (non-hydrogen) atoms. The molecule has 0 spiro atoms. The second-order valence-electron chi connectivity index (χ2n) is 9.99. The van der Waals surface area contributed by atoms with Crippen molar-refractivity contribution in [2.24, 2.45) is 16.8 Å². The second-order valence-corrected chi connectivity index (χ2v) is 12.9. The van der Waals surface area contributed by atoms with E-state index in [1.165, 1.54) is 34.6 Å². The van der Waals surface area contributed by atoms with Crippen LogP contribution >= 0.6 is 11.3 Å². The number of hydrogen-bond acceptors (Lipinski definition) is 4. The summed E-state index contributed by atoms with van der Waals surface area (Å²) in [5, 5.41) is 0. The van der Waals surface area contributed by atoms with Crippen molar-refractivity contribution in [1.29, 1.82) is 0 Å². The number of benzene rings is 2. The fraction of sp³-hybridized carbons (Fsp3) is 0.481. The lowest BCUT2D eigenvalue weighted by Gasteiger charge is -2.25. The third kappa shape index (κ3) is 6.29. The fourth-order valence-electron chi connectivity index (χ4n) is 4.00. The summed E-state index contributed by atoms with van der Waals surface area (Å²) in [6.07, 6.45) is 0.927.